The molecule has 1 heterocycles. The van der Waals surface area contributed by atoms with Gasteiger partial charge in [-0.1, -0.05) is 16.8 Å². The van der Waals surface area contributed by atoms with Gasteiger partial charge in [0.15, 0.2) is 5.82 Å². The number of nitrogen functional groups attached to an aromatic ring is 1. The van der Waals surface area contributed by atoms with Gasteiger partial charge in [0.2, 0.25) is 5.89 Å². The lowest BCUT2D eigenvalue weighted by Crippen LogP contribution is -2.26. The third-order valence-electron chi connectivity index (χ3n) is 2.76. The number of methoxy groups -OCH3 is 1. The molecule has 0 bridgehead atoms. The van der Waals surface area contributed by atoms with E-state index in [4.69, 9.17) is 26.6 Å². The van der Waals surface area contributed by atoms with Gasteiger partial charge in [0.1, 0.15) is 5.75 Å². The molecule has 0 radical (unpaired) electrons. The molecule has 0 fully saturated rings. The minimum atomic E-state index is -0.315. The molecule has 0 aliphatic rings. The molecule has 7 nitrogen and oxygen atoms in total. The monoisotopic (exact) mass is 346 g/mol. The minimum absolute atomic E-state index is 0. The number of aryl methyl sites for hydroxylation is 1. The molecule has 0 saturated carbocycles. The van der Waals surface area contributed by atoms with E-state index in [1.54, 1.807) is 6.92 Å². The first-order valence-corrected chi connectivity index (χ1v) is 6.59. The van der Waals surface area contributed by atoms with Crippen molar-refractivity contribution in [1.82, 2.24) is 15.5 Å². The van der Waals surface area contributed by atoms with Crippen LogP contribution in [0.5, 0.6) is 5.75 Å². The second kappa shape index (κ2) is 7.86. The fourth-order valence-corrected chi connectivity index (χ4v) is 1.90. The summed E-state index contributed by atoms with van der Waals surface area (Å²) in [5.74, 6) is 1.08. The second-order valence-corrected chi connectivity index (χ2v) is 4.72. The molecule has 0 unspecified atom stereocenters. The number of nitrogens with one attached hydrogen (secondary N) is 1. The van der Waals surface area contributed by atoms with Crippen LogP contribution in [0.1, 0.15) is 22.1 Å². The smallest absolute Gasteiger partial charge is 0.255 e. The minimum Gasteiger partial charge on any atom is -0.496 e. The lowest BCUT2D eigenvalue weighted by Gasteiger charge is -2.10. The number of carbonyl (C=O) groups is 1. The van der Waals surface area contributed by atoms with Crippen LogP contribution in [0.25, 0.3) is 0 Å². The van der Waals surface area contributed by atoms with Crippen molar-refractivity contribution in [2.75, 3.05) is 19.4 Å². The van der Waals surface area contributed by atoms with Gasteiger partial charge >= 0.3 is 0 Å². The number of aromatic nitrogens is 2. The number of amides is 1. The Morgan fingerprint density at radius 2 is 2.23 bits per heavy atom. The van der Waals surface area contributed by atoms with Crippen molar-refractivity contribution >= 4 is 35.6 Å². The van der Waals surface area contributed by atoms with Gasteiger partial charge in [-0.15, -0.1) is 12.4 Å². The van der Waals surface area contributed by atoms with Crippen LogP contribution in [-0.4, -0.2) is 29.7 Å². The van der Waals surface area contributed by atoms with Crippen LogP contribution in [0, 0.1) is 6.92 Å². The van der Waals surface area contributed by atoms with Crippen molar-refractivity contribution in [3.63, 3.8) is 0 Å². The zero-order chi connectivity index (χ0) is 15.4. The van der Waals surface area contributed by atoms with E-state index in [0.717, 1.165) is 0 Å². The maximum Gasteiger partial charge on any atom is 0.255 e. The summed E-state index contributed by atoms with van der Waals surface area (Å²) in [5, 5.41) is 6.70. The summed E-state index contributed by atoms with van der Waals surface area (Å²) in [4.78, 5) is 16.2. The first-order valence-electron chi connectivity index (χ1n) is 6.21. The fourth-order valence-electron chi connectivity index (χ4n) is 1.74. The molecular formula is C13H16Cl2N4O3. The van der Waals surface area contributed by atoms with Gasteiger partial charge in [0.05, 0.1) is 23.4 Å². The van der Waals surface area contributed by atoms with Gasteiger partial charge in [0, 0.05) is 19.0 Å². The molecule has 0 atom stereocenters. The number of hydrogen-bond donors (Lipinski definition) is 2. The highest BCUT2D eigenvalue weighted by atomic mass is 35.5. The highest BCUT2D eigenvalue weighted by Gasteiger charge is 2.15. The number of carbonyl (C=O) groups excluding carboxylic acids is 1. The van der Waals surface area contributed by atoms with E-state index in [1.165, 1.54) is 19.2 Å². The van der Waals surface area contributed by atoms with Crippen LogP contribution in [0.2, 0.25) is 5.02 Å². The number of nitrogens with zero attached hydrogens (tertiary/aromatic N) is 2. The summed E-state index contributed by atoms with van der Waals surface area (Å²) in [5.41, 5.74) is 6.34. The van der Waals surface area contributed by atoms with Crippen LogP contribution >= 0.6 is 24.0 Å². The first-order chi connectivity index (χ1) is 10.0. The second-order valence-electron chi connectivity index (χ2n) is 4.32. The van der Waals surface area contributed by atoms with Crippen molar-refractivity contribution < 1.29 is 14.1 Å². The van der Waals surface area contributed by atoms with E-state index in [2.05, 4.69) is 15.5 Å². The summed E-state index contributed by atoms with van der Waals surface area (Å²) >= 11 is 5.93. The Labute approximate surface area is 138 Å². The molecule has 9 heteroatoms. The number of ether oxygens (including phenoxy) is 1. The first kappa shape index (κ1) is 18.1. The average molecular weight is 347 g/mol. The van der Waals surface area contributed by atoms with E-state index in [0.29, 0.717) is 46.7 Å². The number of halogens is 2. The van der Waals surface area contributed by atoms with Crippen molar-refractivity contribution in [3.8, 4) is 5.75 Å². The van der Waals surface area contributed by atoms with E-state index in [-0.39, 0.29) is 18.3 Å². The topological polar surface area (TPSA) is 103 Å². The van der Waals surface area contributed by atoms with Crippen molar-refractivity contribution in [3.05, 3.63) is 34.4 Å². The fraction of sp³-hybridized carbons (Fsp3) is 0.308. The maximum absolute atomic E-state index is 12.1. The van der Waals surface area contributed by atoms with Gasteiger partial charge in [0.25, 0.3) is 5.91 Å². The summed E-state index contributed by atoms with van der Waals surface area (Å²) < 4.78 is 10.1. The zero-order valence-electron chi connectivity index (χ0n) is 12.1. The Hall–Kier alpha value is -1.99. The Morgan fingerprint density at radius 3 is 2.82 bits per heavy atom. The van der Waals surface area contributed by atoms with Gasteiger partial charge in [-0.05, 0) is 13.0 Å². The van der Waals surface area contributed by atoms with Gasteiger partial charge < -0.3 is 20.3 Å². The Kier molecular flexibility index (Phi) is 6.45. The maximum atomic E-state index is 12.1. The standard InChI is InChI=1S/C13H15ClN4O3.ClH/c1-7-17-12(21-18-7)3-4-16-13(19)8-5-9(14)10(15)6-11(8)20-2;/h5-6H,3-4,15H2,1-2H3,(H,16,19);1H. The van der Waals surface area contributed by atoms with Crippen molar-refractivity contribution in [1.29, 1.82) is 0 Å². The number of hydrogen-bond acceptors (Lipinski definition) is 6. The average Bonchev–Trinajstić information content (AvgIpc) is 2.86. The van der Waals surface area contributed by atoms with Crippen LogP contribution in [0.3, 0.4) is 0 Å². The van der Waals surface area contributed by atoms with Crippen molar-refractivity contribution in [2.45, 2.75) is 13.3 Å². The number of nitrogens with two attached hydrogens (primary N) is 1. The number of anilines is 1. The molecule has 2 rings (SSSR count). The lowest BCUT2D eigenvalue weighted by atomic mass is 10.1. The molecule has 0 aliphatic carbocycles. The molecule has 1 amide bonds. The van der Waals surface area contributed by atoms with Gasteiger partial charge in [-0.25, -0.2) is 0 Å². The molecule has 0 spiro atoms. The summed E-state index contributed by atoms with van der Waals surface area (Å²) in [6.45, 7) is 2.08. The predicted molar refractivity (Wildman–Crippen MR) is 84.7 cm³/mol. The van der Waals surface area contributed by atoms with Crippen LogP contribution in [0.4, 0.5) is 5.69 Å². The van der Waals surface area contributed by atoms with Crippen LogP contribution in [0.15, 0.2) is 16.7 Å². The summed E-state index contributed by atoms with van der Waals surface area (Å²) in [6, 6.07) is 2.99. The molecular weight excluding hydrogens is 331 g/mol. The van der Waals surface area contributed by atoms with E-state index in [1.807, 2.05) is 0 Å². The number of rotatable bonds is 5. The van der Waals surface area contributed by atoms with Gasteiger partial charge in [-0.2, -0.15) is 4.98 Å². The summed E-state index contributed by atoms with van der Waals surface area (Å²) in [6.07, 6.45) is 0.442. The zero-order valence-corrected chi connectivity index (χ0v) is 13.6. The third kappa shape index (κ3) is 4.25. The predicted octanol–water partition coefficient (Wildman–Crippen LogP) is 2.02. The largest absolute Gasteiger partial charge is 0.496 e. The third-order valence-corrected chi connectivity index (χ3v) is 3.08. The highest BCUT2D eigenvalue weighted by Crippen LogP contribution is 2.28. The van der Waals surface area contributed by atoms with Crippen LogP contribution in [-0.2, 0) is 6.42 Å². The van der Waals surface area contributed by atoms with E-state index in [9.17, 15) is 4.79 Å². The molecule has 1 aromatic carbocycles. The number of benzene rings is 1. The van der Waals surface area contributed by atoms with E-state index < -0.39 is 0 Å². The summed E-state index contributed by atoms with van der Waals surface area (Å²) in [7, 11) is 1.46. The Morgan fingerprint density at radius 1 is 1.50 bits per heavy atom. The molecule has 120 valence electrons. The van der Waals surface area contributed by atoms with Crippen molar-refractivity contribution in [2.24, 2.45) is 0 Å². The Bertz CT molecular complexity index is 661. The normalized spacial score (nSPS) is 9.95. The van der Waals surface area contributed by atoms with Crippen LogP contribution < -0.4 is 15.8 Å². The molecule has 2 aromatic rings. The quantitative estimate of drug-likeness (QED) is 0.802. The molecule has 1 aromatic heterocycles. The van der Waals surface area contributed by atoms with E-state index >= 15 is 0 Å². The molecule has 0 aliphatic heterocycles. The Balaban J connectivity index is 0.00000242. The molecule has 22 heavy (non-hydrogen) atoms. The SMILES string of the molecule is COc1cc(N)c(Cl)cc1C(=O)NCCc1nc(C)no1.Cl. The molecule has 3 N–H and O–H groups in total. The lowest BCUT2D eigenvalue weighted by molar-refractivity contribution is 0.0950. The highest BCUT2D eigenvalue weighted by molar-refractivity contribution is 6.33. The van der Waals surface area contributed by atoms with Gasteiger partial charge in [-0.3, -0.25) is 4.79 Å². The molecule has 0 saturated heterocycles.